The fourth-order valence-corrected chi connectivity index (χ4v) is 2.72. The summed E-state index contributed by atoms with van der Waals surface area (Å²) >= 11 is 9.43. The summed E-state index contributed by atoms with van der Waals surface area (Å²) in [5.74, 6) is 0.645. The molecule has 1 N–H and O–H groups in total. The Labute approximate surface area is 142 Å². The Kier molecular flexibility index (Phi) is 5.37. The summed E-state index contributed by atoms with van der Waals surface area (Å²) in [6.45, 7) is 6.16. The summed E-state index contributed by atoms with van der Waals surface area (Å²) in [6, 6.07) is 6.48. The lowest BCUT2D eigenvalue weighted by molar-refractivity contribution is 0.625. The van der Waals surface area contributed by atoms with Crippen LogP contribution in [-0.4, -0.2) is 23.6 Å². The van der Waals surface area contributed by atoms with Crippen molar-refractivity contribution in [2.24, 2.45) is 0 Å². The fourth-order valence-electron chi connectivity index (χ4n) is 1.97. The molecule has 0 aliphatic carbocycles. The van der Waals surface area contributed by atoms with Crippen LogP contribution in [0.3, 0.4) is 0 Å². The Balaban J connectivity index is 2.63. The van der Waals surface area contributed by atoms with Crippen molar-refractivity contribution in [3.05, 3.63) is 52.0 Å². The molecular weight excluding hydrogens is 371 g/mol. The highest BCUT2D eigenvalue weighted by Gasteiger charge is 2.21. The third-order valence-electron chi connectivity index (χ3n) is 2.87. The smallest absolute Gasteiger partial charge is 0.226 e. The van der Waals surface area contributed by atoms with Crippen molar-refractivity contribution in [3.8, 4) is 0 Å². The molecule has 1 heterocycles. The van der Waals surface area contributed by atoms with Gasteiger partial charge in [0.1, 0.15) is 16.1 Å². The van der Waals surface area contributed by atoms with Crippen molar-refractivity contribution in [1.29, 1.82) is 0 Å². The van der Waals surface area contributed by atoms with Crippen LogP contribution in [0.4, 0.5) is 21.7 Å². The molecule has 0 saturated carbocycles. The zero-order chi connectivity index (χ0) is 16.3. The number of nitrogens with zero attached hydrogens (tertiary/aromatic N) is 3. The lowest BCUT2D eigenvalue weighted by Gasteiger charge is -2.26. The van der Waals surface area contributed by atoms with Crippen molar-refractivity contribution in [2.75, 3.05) is 23.8 Å². The van der Waals surface area contributed by atoms with Gasteiger partial charge in [-0.3, -0.25) is 0 Å². The van der Waals surface area contributed by atoms with Gasteiger partial charge in [-0.2, -0.15) is 9.97 Å². The van der Waals surface area contributed by atoms with Crippen molar-refractivity contribution >= 4 is 44.9 Å². The highest BCUT2D eigenvalue weighted by Crippen LogP contribution is 2.36. The first kappa shape index (κ1) is 16.7. The normalized spacial score (nSPS) is 10.4. The molecule has 0 saturated heterocycles. The summed E-state index contributed by atoms with van der Waals surface area (Å²) in [4.78, 5) is 10.0. The molecule has 4 nitrogen and oxygen atoms in total. The second-order valence-corrected chi connectivity index (χ2v) is 5.85. The van der Waals surface area contributed by atoms with Crippen LogP contribution in [0.2, 0.25) is 5.28 Å². The van der Waals surface area contributed by atoms with Gasteiger partial charge < -0.3 is 10.2 Å². The average Bonchev–Trinajstić information content (AvgIpc) is 2.47. The zero-order valence-corrected chi connectivity index (χ0v) is 14.5. The Morgan fingerprint density at radius 2 is 2.09 bits per heavy atom. The van der Waals surface area contributed by atoms with Gasteiger partial charge in [0.05, 0.1) is 5.69 Å². The maximum Gasteiger partial charge on any atom is 0.226 e. The predicted octanol–water partition coefficient (Wildman–Crippen LogP) is 4.79. The van der Waals surface area contributed by atoms with E-state index in [0.717, 1.165) is 5.57 Å². The molecule has 0 atom stereocenters. The summed E-state index contributed by atoms with van der Waals surface area (Å²) in [5, 5.41) is 3.00. The fraction of sp³-hybridized carbons (Fsp3) is 0.200. The van der Waals surface area contributed by atoms with E-state index in [0.29, 0.717) is 28.3 Å². The highest BCUT2D eigenvalue weighted by atomic mass is 79.9. The number of aromatic nitrogens is 2. The molecule has 0 spiro atoms. The Morgan fingerprint density at radius 1 is 1.41 bits per heavy atom. The molecular formula is C15H15BrClFN4. The van der Waals surface area contributed by atoms with Gasteiger partial charge in [-0.1, -0.05) is 24.3 Å². The molecule has 0 amide bonds. The van der Waals surface area contributed by atoms with E-state index in [1.165, 1.54) is 6.07 Å². The van der Waals surface area contributed by atoms with Crippen LogP contribution in [0, 0.1) is 5.82 Å². The minimum atomic E-state index is -0.351. The van der Waals surface area contributed by atoms with E-state index in [-0.39, 0.29) is 11.1 Å². The molecule has 2 aromatic rings. The molecule has 0 radical (unpaired) electrons. The standard InChI is InChI=1S/C15H15BrClFN4/c1-9(2)8-22(11-7-5-4-6-10(11)18)14-12(16)13(19-3)20-15(17)21-14/h4-7H,1,8H2,2-3H3,(H,19,20,21). The molecule has 1 aromatic carbocycles. The van der Waals surface area contributed by atoms with Crippen LogP contribution in [0.5, 0.6) is 0 Å². The van der Waals surface area contributed by atoms with Crippen LogP contribution >= 0.6 is 27.5 Å². The van der Waals surface area contributed by atoms with Crippen molar-refractivity contribution in [1.82, 2.24) is 9.97 Å². The van der Waals surface area contributed by atoms with E-state index >= 15 is 0 Å². The second kappa shape index (κ2) is 7.07. The van der Waals surface area contributed by atoms with Gasteiger partial charge in [-0.05, 0) is 46.6 Å². The van der Waals surface area contributed by atoms with Crippen molar-refractivity contribution in [2.45, 2.75) is 6.92 Å². The van der Waals surface area contributed by atoms with Crippen LogP contribution < -0.4 is 10.2 Å². The third kappa shape index (κ3) is 3.56. The number of para-hydroxylation sites is 1. The van der Waals surface area contributed by atoms with E-state index in [1.807, 2.05) is 6.92 Å². The first-order valence-corrected chi connectivity index (χ1v) is 7.68. The lowest BCUT2D eigenvalue weighted by Crippen LogP contribution is -2.22. The first-order valence-electron chi connectivity index (χ1n) is 6.51. The van der Waals surface area contributed by atoms with Gasteiger partial charge >= 0.3 is 0 Å². The number of benzene rings is 1. The predicted molar refractivity (Wildman–Crippen MR) is 92.5 cm³/mol. The summed E-state index contributed by atoms with van der Waals surface area (Å²) in [7, 11) is 1.72. The molecule has 0 fully saturated rings. The monoisotopic (exact) mass is 384 g/mol. The number of nitrogens with one attached hydrogen (secondary N) is 1. The molecule has 0 unspecified atom stereocenters. The number of hydrogen-bond donors (Lipinski definition) is 1. The Morgan fingerprint density at radius 3 is 2.68 bits per heavy atom. The summed E-state index contributed by atoms with van der Waals surface area (Å²) < 4.78 is 14.8. The number of hydrogen-bond acceptors (Lipinski definition) is 4. The van der Waals surface area contributed by atoms with E-state index in [1.54, 1.807) is 30.1 Å². The van der Waals surface area contributed by atoms with E-state index in [4.69, 9.17) is 11.6 Å². The van der Waals surface area contributed by atoms with Crippen LogP contribution in [0.15, 0.2) is 40.9 Å². The van der Waals surface area contributed by atoms with Crippen molar-refractivity contribution in [3.63, 3.8) is 0 Å². The van der Waals surface area contributed by atoms with Crippen LogP contribution in [-0.2, 0) is 0 Å². The van der Waals surface area contributed by atoms with E-state index in [2.05, 4.69) is 37.8 Å². The van der Waals surface area contributed by atoms with Gasteiger partial charge in [0.15, 0.2) is 5.82 Å². The minimum Gasteiger partial charge on any atom is -0.372 e. The molecule has 1 aromatic heterocycles. The minimum absolute atomic E-state index is 0.0746. The van der Waals surface area contributed by atoms with E-state index < -0.39 is 0 Å². The van der Waals surface area contributed by atoms with Crippen molar-refractivity contribution < 1.29 is 4.39 Å². The maximum atomic E-state index is 14.2. The van der Waals surface area contributed by atoms with Crippen LogP contribution in [0.25, 0.3) is 0 Å². The quantitative estimate of drug-likeness (QED) is 0.593. The SMILES string of the molecule is C=C(C)CN(c1ccccc1F)c1nc(Cl)nc(NC)c1Br. The van der Waals surface area contributed by atoms with Gasteiger partial charge in [0.25, 0.3) is 0 Å². The molecule has 0 bridgehead atoms. The number of halogens is 3. The highest BCUT2D eigenvalue weighted by molar-refractivity contribution is 9.10. The topological polar surface area (TPSA) is 41.1 Å². The third-order valence-corrected chi connectivity index (χ3v) is 3.77. The molecule has 0 aliphatic rings. The first-order chi connectivity index (χ1) is 10.4. The van der Waals surface area contributed by atoms with E-state index in [9.17, 15) is 4.39 Å². The zero-order valence-electron chi connectivity index (χ0n) is 12.2. The molecule has 0 aliphatic heterocycles. The Hall–Kier alpha value is -1.66. The average molecular weight is 386 g/mol. The second-order valence-electron chi connectivity index (χ2n) is 4.72. The molecule has 22 heavy (non-hydrogen) atoms. The number of anilines is 3. The lowest BCUT2D eigenvalue weighted by atomic mass is 10.2. The Bertz CT molecular complexity index is 708. The molecule has 7 heteroatoms. The summed E-state index contributed by atoms with van der Waals surface area (Å²) in [5.41, 5.74) is 1.25. The van der Waals surface area contributed by atoms with Gasteiger partial charge in [0, 0.05) is 13.6 Å². The molecule has 2 rings (SSSR count). The van der Waals surface area contributed by atoms with Gasteiger partial charge in [-0.25, -0.2) is 4.39 Å². The summed E-state index contributed by atoms with van der Waals surface area (Å²) in [6.07, 6.45) is 0. The largest absolute Gasteiger partial charge is 0.372 e. The molecule has 116 valence electrons. The maximum absolute atomic E-state index is 14.2. The van der Waals surface area contributed by atoms with Crippen LogP contribution in [0.1, 0.15) is 6.92 Å². The van der Waals surface area contributed by atoms with Gasteiger partial charge in [0.2, 0.25) is 5.28 Å². The van der Waals surface area contributed by atoms with Gasteiger partial charge in [-0.15, -0.1) is 0 Å². The number of rotatable bonds is 5.